The van der Waals surface area contributed by atoms with E-state index >= 15 is 0 Å². The van der Waals surface area contributed by atoms with E-state index in [-0.39, 0.29) is 0 Å². The number of nitrogens with one attached hydrogen (secondary N) is 1. The summed E-state index contributed by atoms with van der Waals surface area (Å²) in [6, 6.07) is 2.70. The maximum absolute atomic E-state index is 4.20. The number of aryl methyl sites for hydroxylation is 1. The molecule has 0 aromatic carbocycles. The second-order valence-electron chi connectivity index (χ2n) is 6.75. The Morgan fingerprint density at radius 2 is 1.83 bits per heavy atom. The molecule has 0 radical (unpaired) electrons. The summed E-state index contributed by atoms with van der Waals surface area (Å²) in [5.41, 5.74) is 2.97. The van der Waals surface area contributed by atoms with Gasteiger partial charge in [-0.25, -0.2) is 0 Å². The molecule has 2 rings (SSSR count). The smallest absolute Gasteiger partial charge is 0.0558 e. The fourth-order valence-electron chi connectivity index (χ4n) is 2.94. The third-order valence-corrected chi connectivity index (χ3v) is 4.35. The average molecular weight is 246 g/mol. The van der Waals surface area contributed by atoms with Gasteiger partial charge in [0.1, 0.15) is 0 Å². The van der Waals surface area contributed by atoms with Crippen LogP contribution in [0.25, 0.3) is 0 Å². The Labute approximate surface area is 111 Å². The molecule has 1 N–H and O–H groups in total. The number of hydrogen-bond donors (Lipinski definition) is 1. The standard InChI is InChI=1S/C16H26N2/c1-12-9-10-17-11-15(12)18-14-7-5-13(6-8-14)16(2,3)4/h9-11,13-14,18H,5-8H2,1-4H3. The van der Waals surface area contributed by atoms with Crippen molar-refractivity contribution < 1.29 is 0 Å². The van der Waals surface area contributed by atoms with Gasteiger partial charge in [-0.05, 0) is 55.6 Å². The van der Waals surface area contributed by atoms with Crippen LogP contribution < -0.4 is 5.32 Å². The summed E-state index contributed by atoms with van der Waals surface area (Å²) >= 11 is 0. The topological polar surface area (TPSA) is 24.9 Å². The fraction of sp³-hybridized carbons (Fsp3) is 0.688. The van der Waals surface area contributed by atoms with E-state index in [0.29, 0.717) is 11.5 Å². The first-order valence-electron chi connectivity index (χ1n) is 7.14. The van der Waals surface area contributed by atoms with E-state index in [1.165, 1.54) is 36.9 Å². The number of nitrogens with zero attached hydrogens (tertiary/aromatic N) is 1. The van der Waals surface area contributed by atoms with Crippen LogP contribution in [0.2, 0.25) is 0 Å². The summed E-state index contributed by atoms with van der Waals surface area (Å²) in [5.74, 6) is 0.880. The molecule has 0 spiro atoms. The van der Waals surface area contributed by atoms with Crippen molar-refractivity contribution >= 4 is 5.69 Å². The van der Waals surface area contributed by atoms with Crippen LogP contribution in [0.1, 0.15) is 52.0 Å². The molecule has 100 valence electrons. The van der Waals surface area contributed by atoms with Gasteiger partial charge in [0.15, 0.2) is 0 Å². The Morgan fingerprint density at radius 1 is 1.17 bits per heavy atom. The molecular formula is C16H26N2. The Balaban J connectivity index is 1.90. The van der Waals surface area contributed by atoms with Crippen molar-refractivity contribution in [1.82, 2.24) is 4.98 Å². The molecule has 2 heteroatoms. The third-order valence-electron chi connectivity index (χ3n) is 4.35. The van der Waals surface area contributed by atoms with Gasteiger partial charge in [-0.1, -0.05) is 20.8 Å². The molecule has 0 bridgehead atoms. The molecule has 1 heterocycles. The zero-order chi connectivity index (χ0) is 13.2. The van der Waals surface area contributed by atoms with Gasteiger partial charge in [-0.2, -0.15) is 0 Å². The van der Waals surface area contributed by atoms with Crippen molar-refractivity contribution in [2.75, 3.05) is 5.32 Å². The second kappa shape index (κ2) is 5.29. The van der Waals surface area contributed by atoms with Crippen LogP contribution in [-0.4, -0.2) is 11.0 Å². The quantitative estimate of drug-likeness (QED) is 0.836. The summed E-state index contributed by atoms with van der Waals surface area (Å²) in [6.07, 6.45) is 9.08. The maximum atomic E-state index is 4.20. The Kier molecular flexibility index (Phi) is 3.94. The van der Waals surface area contributed by atoms with Crippen LogP contribution in [0, 0.1) is 18.3 Å². The Morgan fingerprint density at radius 3 is 2.39 bits per heavy atom. The van der Waals surface area contributed by atoms with Crippen LogP contribution in [0.5, 0.6) is 0 Å². The molecule has 1 aromatic rings. The lowest BCUT2D eigenvalue weighted by atomic mass is 9.71. The van der Waals surface area contributed by atoms with Crippen molar-refractivity contribution in [3.05, 3.63) is 24.0 Å². The van der Waals surface area contributed by atoms with Crippen molar-refractivity contribution in [2.45, 2.75) is 59.4 Å². The lowest BCUT2D eigenvalue weighted by Crippen LogP contribution is -2.31. The number of anilines is 1. The van der Waals surface area contributed by atoms with Crippen LogP contribution in [-0.2, 0) is 0 Å². The van der Waals surface area contributed by atoms with Gasteiger partial charge in [0, 0.05) is 12.2 Å². The minimum atomic E-state index is 0.467. The highest BCUT2D eigenvalue weighted by Gasteiger charge is 2.29. The Bertz CT molecular complexity index is 384. The first-order valence-corrected chi connectivity index (χ1v) is 7.14. The van der Waals surface area contributed by atoms with Crippen LogP contribution in [0.15, 0.2) is 18.5 Å². The van der Waals surface area contributed by atoms with E-state index in [4.69, 9.17) is 0 Å². The van der Waals surface area contributed by atoms with Gasteiger partial charge in [0.2, 0.25) is 0 Å². The SMILES string of the molecule is Cc1ccncc1NC1CCC(C(C)(C)C)CC1. The molecule has 0 saturated heterocycles. The molecule has 1 fully saturated rings. The van der Waals surface area contributed by atoms with Gasteiger partial charge < -0.3 is 5.32 Å². The van der Waals surface area contributed by atoms with Crippen LogP contribution >= 0.6 is 0 Å². The minimum Gasteiger partial charge on any atom is -0.381 e. The summed E-state index contributed by atoms with van der Waals surface area (Å²) in [5, 5.41) is 3.66. The molecule has 0 aliphatic heterocycles. The lowest BCUT2D eigenvalue weighted by Gasteiger charge is -2.37. The van der Waals surface area contributed by atoms with E-state index < -0.39 is 0 Å². The monoisotopic (exact) mass is 246 g/mol. The zero-order valence-corrected chi connectivity index (χ0v) is 12.2. The molecule has 1 saturated carbocycles. The van der Waals surface area contributed by atoms with Gasteiger partial charge >= 0.3 is 0 Å². The van der Waals surface area contributed by atoms with Gasteiger partial charge in [-0.3, -0.25) is 4.98 Å². The Hall–Kier alpha value is -1.05. The summed E-state index contributed by atoms with van der Waals surface area (Å²) in [6.45, 7) is 9.26. The predicted octanol–water partition coefficient (Wildman–Crippen LogP) is 4.41. The van der Waals surface area contributed by atoms with Crippen molar-refractivity contribution in [3.63, 3.8) is 0 Å². The lowest BCUT2D eigenvalue weighted by molar-refractivity contribution is 0.173. The first-order chi connectivity index (χ1) is 8.47. The van der Waals surface area contributed by atoms with Gasteiger partial charge in [-0.15, -0.1) is 0 Å². The number of rotatable bonds is 2. The van der Waals surface area contributed by atoms with E-state index in [0.717, 1.165) is 5.92 Å². The van der Waals surface area contributed by atoms with Crippen molar-refractivity contribution in [3.8, 4) is 0 Å². The third kappa shape index (κ3) is 3.24. The molecule has 1 aliphatic carbocycles. The number of aromatic nitrogens is 1. The van der Waals surface area contributed by atoms with E-state index in [1.54, 1.807) is 0 Å². The summed E-state index contributed by atoms with van der Waals surface area (Å²) in [4.78, 5) is 4.20. The van der Waals surface area contributed by atoms with Crippen LogP contribution in [0.3, 0.4) is 0 Å². The highest BCUT2D eigenvalue weighted by molar-refractivity contribution is 5.48. The molecule has 18 heavy (non-hydrogen) atoms. The minimum absolute atomic E-state index is 0.467. The largest absolute Gasteiger partial charge is 0.381 e. The fourth-order valence-corrected chi connectivity index (χ4v) is 2.94. The zero-order valence-electron chi connectivity index (χ0n) is 12.2. The van der Waals surface area contributed by atoms with Crippen molar-refractivity contribution in [1.29, 1.82) is 0 Å². The molecule has 0 amide bonds. The molecular weight excluding hydrogens is 220 g/mol. The van der Waals surface area contributed by atoms with E-state index in [1.807, 2.05) is 12.4 Å². The predicted molar refractivity (Wildman–Crippen MR) is 77.8 cm³/mol. The normalized spacial score (nSPS) is 24.9. The number of pyridine rings is 1. The highest BCUT2D eigenvalue weighted by Crippen LogP contribution is 2.38. The highest BCUT2D eigenvalue weighted by atomic mass is 14.9. The maximum Gasteiger partial charge on any atom is 0.0558 e. The molecule has 1 aliphatic rings. The van der Waals surface area contributed by atoms with Gasteiger partial charge in [0.25, 0.3) is 0 Å². The summed E-state index contributed by atoms with van der Waals surface area (Å²) < 4.78 is 0. The van der Waals surface area contributed by atoms with E-state index in [9.17, 15) is 0 Å². The second-order valence-corrected chi connectivity index (χ2v) is 6.75. The van der Waals surface area contributed by atoms with Gasteiger partial charge in [0.05, 0.1) is 11.9 Å². The average Bonchev–Trinajstić information content (AvgIpc) is 2.32. The van der Waals surface area contributed by atoms with Crippen molar-refractivity contribution in [2.24, 2.45) is 11.3 Å². The number of hydrogen-bond acceptors (Lipinski definition) is 2. The van der Waals surface area contributed by atoms with E-state index in [2.05, 4.69) is 44.1 Å². The molecule has 0 atom stereocenters. The first kappa shape index (κ1) is 13.4. The molecule has 1 aromatic heterocycles. The summed E-state index contributed by atoms with van der Waals surface area (Å²) in [7, 11) is 0. The van der Waals surface area contributed by atoms with Crippen LogP contribution in [0.4, 0.5) is 5.69 Å². The molecule has 2 nitrogen and oxygen atoms in total. The molecule has 0 unspecified atom stereocenters.